The SMILES string of the molecule is CC(=O)N1CCC(C(C)(C)C)c2cc(Cc3ccc(F)cc3)ccc21.CC(=O)N1CCC(C(C)(C)C)c2cc(Cc3ccccc3)cc(F)c21.CC(C)(C)C1CCNc2c(-c3cc4ccccc4o3)cc(Cc3ccccc3)cc21.CC(C)(C)C1CCNc2c(-c3ccoc3)cc(Cc3ccccc3)cc21.CC(C)(C)C1CCNc2c(F)cc(Cc3ccccc3)cc21. The van der Waals surface area contributed by atoms with Crippen molar-refractivity contribution in [2.75, 3.05) is 58.5 Å². The normalized spacial score (nSPS) is 17.0. The van der Waals surface area contributed by atoms with Crippen LogP contribution >= 0.6 is 0 Å². The Kier molecular flexibility index (Phi) is 28.6. The molecular weight excluding hydrogens is 1580 g/mol. The Morgan fingerprint density at radius 3 is 1.17 bits per heavy atom. The Balaban J connectivity index is 0.000000130. The van der Waals surface area contributed by atoms with Crippen molar-refractivity contribution in [2.24, 2.45) is 27.1 Å². The van der Waals surface area contributed by atoms with Crippen LogP contribution in [0.25, 0.3) is 33.4 Å². The Hall–Kier alpha value is -11.6. The first kappa shape index (κ1) is 92.5. The van der Waals surface area contributed by atoms with E-state index in [0.717, 1.165) is 139 Å². The molecule has 9 nitrogen and oxygen atoms in total. The molecule has 2 amide bonds. The van der Waals surface area contributed by atoms with Gasteiger partial charge in [-0.1, -0.05) is 292 Å². The highest BCUT2D eigenvalue weighted by Crippen LogP contribution is 2.53. The van der Waals surface area contributed by atoms with Crippen LogP contribution in [0.3, 0.4) is 0 Å². The molecule has 0 radical (unpaired) electrons. The van der Waals surface area contributed by atoms with Crippen LogP contribution < -0.4 is 25.8 Å². The molecule has 18 rings (SSSR count). The van der Waals surface area contributed by atoms with Gasteiger partial charge in [0.05, 0.1) is 23.9 Å². The highest BCUT2D eigenvalue weighted by Gasteiger charge is 2.40. The fourth-order valence-electron chi connectivity index (χ4n) is 20.2. The molecule has 5 aliphatic heterocycles. The van der Waals surface area contributed by atoms with E-state index in [1.165, 1.54) is 98.1 Å². The summed E-state index contributed by atoms with van der Waals surface area (Å²) in [7, 11) is 0. The lowest BCUT2D eigenvalue weighted by Gasteiger charge is -2.40. The van der Waals surface area contributed by atoms with Gasteiger partial charge in [0.25, 0.3) is 0 Å². The van der Waals surface area contributed by atoms with Crippen molar-refractivity contribution < 1.29 is 31.6 Å². The molecule has 5 atom stereocenters. The molecule has 3 N–H and O–H groups in total. The molecule has 5 aliphatic rings. The molecule has 7 heterocycles. The number of nitrogens with zero attached hydrogens (tertiary/aromatic N) is 2. The van der Waals surface area contributed by atoms with Crippen molar-refractivity contribution >= 4 is 51.2 Å². The summed E-state index contributed by atoms with van der Waals surface area (Å²) in [6.45, 7) is 41.6. The topological polar surface area (TPSA) is 103 Å². The molecule has 0 spiro atoms. The predicted octanol–water partition coefficient (Wildman–Crippen LogP) is 30.1. The highest BCUT2D eigenvalue weighted by atomic mass is 19.1. The smallest absolute Gasteiger partial charge is 0.223 e. The molecule has 13 aromatic rings. The van der Waals surface area contributed by atoms with E-state index in [1.54, 1.807) is 30.2 Å². The van der Waals surface area contributed by atoms with Gasteiger partial charge in [0.15, 0.2) is 0 Å². The Bertz CT molecular complexity index is 5910. The van der Waals surface area contributed by atoms with E-state index in [9.17, 15) is 18.4 Å². The maximum absolute atomic E-state index is 15.0. The molecule has 128 heavy (non-hydrogen) atoms. The summed E-state index contributed by atoms with van der Waals surface area (Å²) in [6, 6.07) is 84.5. The Labute approximate surface area is 759 Å². The van der Waals surface area contributed by atoms with Crippen LogP contribution in [-0.2, 0) is 41.7 Å². The van der Waals surface area contributed by atoms with Crippen molar-refractivity contribution in [3.05, 3.63) is 362 Å². The second-order valence-electron chi connectivity index (χ2n) is 41.4. The monoisotopic (exact) mass is 1720 g/mol. The first-order chi connectivity index (χ1) is 61.0. The van der Waals surface area contributed by atoms with Crippen LogP contribution in [0.4, 0.5) is 41.6 Å². The lowest BCUT2D eigenvalue weighted by atomic mass is 9.71. The average Bonchev–Trinajstić information content (AvgIpc) is 1.43. The van der Waals surface area contributed by atoms with E-state index in [-0.39, 0.29) is 62.3 Å². The molecule has 12 heteroatoms. The molecule has 0 aliphatic carbocycles. The molecule has 0 bridgehead atoms. The highest BCUT2D eigenvalue weighted by molar-refractivity contribution is 5.94. The summed E-state index contributed by atoms with van der Waals surface area (Å²) in [6.07, 6.45) is 13.0. The zero-order valence-corrected chi connectivity index (χ0v) is 78.5. The van der Waals surface area contributed by atoms with E-state index in [2.05, 4.69) is 284 Å². The lowest BCUT2D eigenvalue weighted by molar-refractivity contribution is -0.117. The van der Waals surface area contributed by atoms with Crippen molar-refractivity contribution in [3.63, 3.8) is 0 Å². The minimum atomic E-state index is -0.285. The van der Waals surface area contributed by atoms with E-state index >= 15 is 4.39 Å². The number of benzene rings is 11. The summed E-state index contributed by atoms with van der Waals surface area (Å²) < 4.78 is 54.4. The fraction of sp³-hybridized carbons (Fsp3) is 0.362. The molecule has 5 unspecified atom stereocenters. The number of amides is 2. The van der Waals surface area contributed by atoms with E-state index in [1.807, 2.05) is 71.8 Å². The van der Waals surface area contributed by atoms with Crippen LogP contribution in [0.5, 0.6) is 0 Å². The van der Waals surface area contributed by atoms with Gasteiger partial charge in [-0.15, -0.1) is 0 Å². The van der Waals surface area contributed by atoms with Gasteiger partial charge in [-0.05, 0) is 265 Å². The number of halogens is 3. The average molecular weight is 1720 g/mol. The van der Waals surface area contributed by atoms with Crippen LogP contribution in [0, 0.1) is 44.5 Å². The van der Waals surface area contributed by atoms with Crippen LogP contribution in [0.2, 0.25) is 0 Å². The second kappa shape index (κ2) is 39.5. The van der Waals surface area contributed by atoms with Crippen LogP contribution in [0.15, 0.2) is 270 Å². The number of para-hydroxylation sites is 1. The minimum Gasteiger partial charge on any atom is -0.472 e. The third kappa shape index (κ3) is 22.5. The molecule has 0 fully saturated rings. The maximum Gasteiger partial charge on any atom is 0.223 e. The van der Waals surface area contributed by atoms with E-state index in [4.69, 9.17) is 8.83 Å². The maximum atomic E-state index is 15.0. The number of hydrogen-bond acceptors (Lipinski definition) is 7. The van der Waals surface area contributed by atoms with Gasteiger partial charge < -0.3 is 34.6 Å². The van der Waals surface area contributed by atoms with Crippen molar-refractivity contribution in [2.45, 2.75) is 212 Å². The molecule has 0 saturated heterocycles. The third-order valence-electron chi connectivity index (χ3n) is 26.6. The molecule has 11 aromatic carbocycles. The number of fused-ring (bicyclic) bond motifs is 6. The first-order valence-electron chi connectivity index (χ1n) is 46.3. The Morgan fingerprint density at radius 2 is 0.719 bits per heavy atom. The summed E-state index contributed by atoms with van der Waals surface area (Å²) in [5.41, 5.74) is 28.4. The largest absolute Gasteiger partial charge is 0.472 e. The lowest BCUT2D eigenvalue weighted by Crippen LogP contribution is -2.38. The standard InChI is InChI=1S/C28H29NO.C24H27NO.2C22H26FNO.C20H24FN/c1-28(2,3)24-13-14-29-27-22(24)16-20(15-19-9-5-4-6-10-19)17-23(27)26-18-21-11-7-8-12-25(21)30-26;1-24(2,3)22-9-11-25-23-20(19-10-12-26-16-19)14-18(15-21(22)23)13-17-7-5-4-6-8-17;1-15(25)24-12-11-20(22(2,3)4)19-14-17(7-10-21(19)24)13-16-5-8-18(23)9-6-16;1-15(25)24-11-10-19(22(2,3)4)18-13-17(14-20(23)21(18)24)12-16-8-6-5-7-9-16;1-20(2,3)17-9-10-22-19-16(17)12-15(13-18(19)21)11-14-7-5-4-6-8-14/h4-12,16-18,24,29H,13-15H2,1-3H3;4-8,10,12,14-16,22,25H,9,11,13H2,1-3H3;5-10,14,20H,11-13H2,1-4H3;5-9,13-14,19H,10-12H2,1-4H3;4-8,12-13,17,22H,9-11H2,1-3H3. The summed E-state index contributed by atoms with van der Waals surface area (Å²) >= 11 is 0. The number of carbonyl (C=O) groups is 2. The third-order valence-corrected chi connectivity index (χ3v) is 26.6. The van der Waals surface area contributed by atoms with Gasteiger partial charge in [0.1, 0.15) is 28.8 Å². The Morgan fingerprint density at radius 1 is 0.352 bits per heavy atom. The van der Waals surface area contributed by atoms with Gasteiger partial charge in [-0.25, -0.2) is 13.2 Å². The quantitative estimate of drug-likeness (QED) is 0.112. The number of nitrogens with one attached hydrogen (secondary N) is 3. The number of rotatable bonds is 12. The second-order valence-corrected chi connectivity index (χ2v) is 41.4. The minimum absolute atomic E-state index is 0.0233. The first-order valence-corrected chi connectivity index (χ1v) is 46.3. The number of anilines is 5. The van der Waals surface area contributed by atoms with Gasteiger partial charge in [0.2, 0.25) is 11.8 Å². The zero-order valence-electron chi connectivity index (χ0n) is 78.5. The van der Waals surface area contributed by atoms with Gasteiger partial charge in [0, 0.05) is 85.7 Å². The zero-order chi connectivity index (χ0) is 91.0. The van der Waals surface area contributed by atoms with Crippen molar-refractivity contribution in [3.8, 4) is 22.5 Å². The summed E-state index contributed by atoms with van der Waals surface area (Å²) in [4.78, 5) is 27.5. The summed E-state index contributed by atoms with van der Waals surface area (Å²) in [5, 5.41) is 11.8. The molecule has 666 valence electrons. The summed E-state index contributed by atoms with van der Waals surface area (Å²) in [5.74, 6) is 2.48. The van der Waals surface area contributed by atoms with Crippen LogP contribution in [-0.4, -0.2) is 44.5 Å². The number of furan rings is 2. The van der Waals surface area contributed by atoms with Crippen molar-refractivity contribution in [1.29, 1.82) is 0 Å². The molecular formula is C116H132F3N5O4. The van der Waals surface area contributed by atoms with Crippen LogP contribution in [0.1, 0.15) is 263 Å². The van der Waals surface area contributed by atoms with Crippen molar-refractivity contribution in [1.82, 2.24) is 0 Å². The predicted molar refractivity (Wildman–Crippen MR) is 527 cm³/mol. The number of carbonyl (C=O) groups excluding carboxylic acids is 2. The van der Waals surface area contributed by atoms with Gasteiger partial charge >= 0.3 is 0 Å². The van der Waals surface area contributed by atoms with Gasteiger partial charge in [-0.2, -0.15) is 0 Å². The van der Waals surface area contributed by atoms with E-state index < -0.39 is 0 Å². The molecule has 2 aromatic heterocycles. The number of hydrogen-bond donors (Lipinski definition) is 3. The van der Waals surface area contributed by atoms with E-state index in [0.29, 0.717) is 48.0 Å². The molecule has 0 saturated carbocycles. The fourth-order valence-corrected chi connectivity index (χ4v) is 20.2. The van der Waals surface area contributed by atoms with Gasteiger partial charge in [-0.3, -0.25) is 9.59 Å².